The third-order valence-electron chi connectivity index (χ3n) is 3.82. The van der Waals surface area contributed by atoms with E-state index in [1.54, 1.807) is 0 Å². The van der Waals surface area contributed by atoms with Gasteiger partial charge in [0.15, 0.2) is 0 Å². The molecule has 0 aromatic carbocycles. The van der Waals surface area contributed by atoms with Crippen molar-refractivity contribution >= 4 is 5.69 Å². The number of anilines is 1. The van der Waals surface area contributed by atoms with Gasteiger partial charge in [-0.1, -0.05) is 20.3 Å². The smallest absolute Gasteiger partial charge is 0.0562 e. The van der Waals surface area contributed by atoms with E-state index in [0.717, 1.165) is 24.7 Å². The molecule has 1 fully saturated rings. The van der Waals surface area contributed by atoms with Gasteiger partial charge in [0.25, 0.3) is 0 Å². The van der Waals surface area contributed by atoms with Crippen LogP contribution in [0.15, 0.2) is 18.3 Å². The number of hydrogen-bond donors (Lipinski definition) is 1. The molecule has 0 aliphatic carbocycles. The maximum absolute atomic E-state index is 4.42. The molecule has 1 N–H and O–H groups in total. The van der Waals surface area contributed by atoms with Crippen molar-refractivity contribution in [3.8, 4) is 0 Å². The molecular formula is C15H25N3. The summed E-state index contributed by atoms with van der Waals surface area (Å²) in [4.78, 5) is 6.94. The average Bonchev–Trinajstić information content (AvgIpc) is 2.45. The summed E-state index contributed by atoms with van der Waals surface area (Å²) in [6.07, 6.45) is 5.95. The van der Waals surface area contributed by atoms with Crippen molar-refractivity contribution < 1.29 is 0 Å². The summed E-state index contributed by atoms with van der Waals surface area (Å²) in [7, 11) is 0. The van der Waals surface area contributed by atoms with E-state index >= 15 is 0 Å². The quantitative estimate of drug-likeness (QED) is 0.867. The molecule has 100 valence electrons. The third-order valence-corrected chi connectivity index (χ3v) is 3.82. The van der Waals surface area contributed by atoms with Crippen LogP contribution < -0.4 is 10.2 Å². The van der Waals surface area contributed by atoms with Crippen LogP contribution in [0.25, 0.3) is 0 Å². The highest BCUT2D eigenvalue weighted by molar-refractivity contribution is 5.47. The summed E-state index contributed by atoms with van der Waals surface area (Å²) < 4.78 is 0. The first-order valence-electron chi connectivity index (χ1n) is 7.24. The van der Waals surface area contributed by atoms with Crippen molar-refractivity contribution in [1.82, 2.24) is 10.3 Å². The molecule has 1 atom stereocenters. The van der Waals surface area contributed by atoms with Crippen LogP contribution in [0.1, 0.15) is 38.8 Å². The minimum atomic E-state index is 0.865. The van der Waals surface area contributed by atoms with Crippen molar-refractivity contribution in [1.29, 1.82) is 0 Å². The fourth-order valence-electron chi connectivity index (χ4n) is 2.64. The van der Waals surface area contributed by atoms with Gasteiger partial charge in [0.05, 0.1) is 5.69 Å². The minimum absolute atomic E-state index is 0.865. The number of aromatic nitrogens is 1. The molecule has 1 aliphatic heterocycles. The summed E-state index contributed by atoms with van der Waals surface area (Å²) in [5.41, 5.74) is 2.49. The van der Waals surface area contributed by atoms with E-state index in [0.29, 0.717) is 0 Å². The van der Waals surface area contributed by atoms with Gasteiger partial charge < -0.3 is 10.2 Å². The predicted molar refractivity (Wildman–Crippen MR) is 76.8 cm³/mol. The monoisotopic (exact) mass is 247 g/mol. The van der Waals surface area contributed by atoms with Crippen LogP contribution in [0.2, 0.25) is 0 Å². The molecule has 3 heteroatoms. The highest BCUT2D eigenvalue weighted by Crippen LogP contribution is 2.24. The molecule has 0 saturated carbocycles. The van der Waals surface area contributed by atoms with Crippen molar-refractivity contribution in [2.75, 3.05) is 24.5 Å². The molecule has 1 aromatic rings. The lowest BCUT2D eigenvalue weighted by atomic mass is 9.95. The van der Waals surface area contributed by atoms with Gasteiger partial charge in [-0.15, -0.1) is 0 Å². The Morgan fingerprint density at radius 1 is 1.44 bits per heavy atom. The summed E-state index contributed by atoms with van der Waals surface area (Å²) in [5.74, 6) is 0.865. The van der Waals surface area contributed by atoms with Gasteiger partial charge in [-0.2, -0.15) is 0 Å². The Hall–Kier alpha value is -1.09. The molecule has 0 bridgehead atoms. The van der Waals surface area contributed by atoms with Crippen molar-refractivity contribution in [2.45, 2.75) is 39.7 Å². The molecule has 1 aromatic heterocycles. The second-order valence-corrected chi connectivity index (χ2v) is 5.15. The van der Waals surface area contributed by atoms with Crippen LogP contribution >= 0.6 is 0 Å². The number of pyridine rings is 1. The number of piperidine rings is 1. The number of rotatable bonds is 5. The van der Waals surface area contributed by atoms with E-state index in [1.807, 2.05) is 6.20 Å². The molecular weight excluding hydrogens is 222 g/mol. The Labute approximate surface area is 111 Å². The normalized spacial score (nSPS) is 20.1. The van der Waals surface area contributed by atoms with Gasteiger partial charge in [-0.25, -0.2) is 0 Å². The van der Waals surface area contributed by atoms with Crippen LogP contribution in [0.4, 0.5) is 5.69 Å². The lowest BCUT2D eigenvalue weighted by Crippen LogP contribution is -2.35. The number of nitrogens with zero attached hydrogens (tertiary/aromatic N) is 2. The van der Waals surface area contributed by atoms with Crippen LogP contribution in [-0.4, -0.2) is 24.6 Å². The highest BCUT2D eigenvalue weighted by Gasteiger charge is 2.18. The molecule has 1 saturated heterocycles. The largest absolute Gasteiger partial charge is 0.371 e. The molecule has 3 nitrogen and oxygen atoms in total. The van der Waals surface area contributed by atoms with Gasteiger partial charge >= 0.3 is 0 Å². The van der Waals surface area contributed by atoms with Crippen molar-refractivity contribution in [2.24, 2.45) is 5.92 Å². The van der Waals surface area contributed by atoms with Gasteiger partial charge in [0, 0.05) is 31.5 Å². The standard InChI is InChI=1S/C15H25N3/c1-3-13-6-5-9-18(12-13)15-7-8-17-14(10-15)11-16-4-2/h7-8,10,13,16H,3-6,9,11-12H2,1-2H3. The molecule has 0 radical (unpaired) electrons. The van der Waals surface area contributed by atoms with E-state index in [4.69, 9.17) is 0 Å². The zero-order chi connectivity index (χ0) is 12.8. The van der Waals surface area contributed by atoms with Crippen LogP contribution in [-0.2, 0) is 6.54 Å². The maximum atomic E-state index is 4.42. The Kier molecular flexibility index (Phi) is 5.00. The molecule has 18 heavy (non-hydrogen) atoms. The summed E-state index contributed by atoms with van der Waals surface area (Å²) >= 11 is 0. The van der Waals surface area contributed by atoms with Crippen LogP contribution in [0.3, 0.4) is 0 Å². The Balaban J connectivity index is 2.02. The fraction of sp³-hybridized carbons (Fsp3) is 0.667. The molecule has 2 heterocycles. The molecule has 0 amide bonds. The van der Waals surface area contributed by atoms with Gasteiger partial charge in [-0.3, -0.25) is 4.98 Å². The van der Waals surface area contributed by atoms with E-state index < -0.39 is 0 Å². The SMILES string of the molecule is CCNCc1cc(N2CCCC(CC)C2)ccn1. The zero-order valence-corrected chi connectivity index (χ0v) is 11.7. The molecule has 0 spiro atoms. The van der Waals surface area contributed by atoms with E-state index in [2.05, 4.69) is 41.2 Å². The minimum Gasteiger partial charge on any atom is -0.371 e. The topological polar surface area (TPSA) is 28.2 Å². The highest BCUT2D eigenvalue weighted by atomic mass is 15.1. The number of nitrogens with one attached hydrogen (secondary N) is 1. The maximum Gasteiger partial charge on any atom is 0.0562 e. The van der Waals surface area contributed by atoms with Gasteiger partial charge in [-0.05, 0) is 37.4 Å². The summed E-state index contributed by atoms with van der Waals surface area (Å²) in [5, 5.41) is 3.33. The van der Waals surface area contributed by atoms with E-state index in [9.17, 15) is 0 Å². The Morgan fingerprint density at radius 3 is 3.11 bits per heavy atom. The average molecular weight is 247 g/mol. The number of hydrogen-bond acceptors (Lipinski definition) is 3. The van der Waals surface area contributed by atoms with E-state index in [1.165, 1.54) is 38.0 Å². The predicted octanol–water partition coefficient (Wildman–Crippen LogP) is 2.82. The fourth-order valence-corrected chi connectivity index (χ4v) is 2.64. The van der Waals surface area contributed by atoms with Crippen LogP contribution in [0, 0.1) is 5.92 Å². The zero-order valence-electron chi connectivity index (χ0n) is 11.7. The Morgan fingerprint density at radius 2 is 2.33 bits per heavy atom. The summed E-state index contributed by atoms with van der Waals surface area (Å²) in [6.45, 7) is 8.70. The summed E-state index contributed by atoms with van der Waals surface area (Å²) in [6, 6.07) is 4.38. The second kappa shape index (κ2) is 6.74. The van der Waals surface area contributed by atoms with E-state index in [-0.39, 0.29) is 0 Å². The molecule has 1 unspecified atom stereocenters. The van der Waals surface area contributed by atoms with Crippen molar-refractivity contribution in [3.05, 3.63) is 24.0 Å². The Bertz CT molecular complexity index is 365. The van der Waals surface area contributed by atoms with Crippen LogP contribution in [0.5, 0.6) is 0 Å². The second-order valence-electron chi connectivity index (χ2n) is 5.15. The van der Waals surface area contributed by atoms with Crippen molar-refractivity contribution in [3.63, 3.8) is 0 Å². The first-order chi connectivity index (χ1) is 8.83. The van der Waals surface area contributed by atoms with Gasteiger partial charge in [0.2, 0.25) is 0 Å². The first-order valence-corrected chi connectivity index (χ1v) is 7.24. The third kappa shape index (κ3) is 3.45. The first kappa shape index (κ1) is 13.3. The molecule has 1 aliphatic rings. The lowest BCUT2D eigenvalue weighted by molar-refractivity contribution is 0.404. The lowest BCUT2D eigenvalue weighted by Gasteiger charge is -2.34. The molecule has 2 rings (SSSR count). The van der Waals surface area contributed by atoms with Gasteiger partial charge in [0.1, 0.15) is 0 Å².